The highest BCUT2D eigenvalue weighted by atomic mass is 16.2. The van der Waals surface area contributed by atoms with E-state index in [0.717, 1.165) is 19.0 Å². The van der Waals surface area contributed by atoms with E-state index >= 15 is 0 Å². The monoisotopic (exact) mass is 160 g/mol. The van der Waals surface area contributed by atoms with Crippen molar-refractivity contribution in [1.29, 1.82) is 0 Å². The molecule has 1 aliphatic carbocycles. The summed E-state index contributed by atoms with van der Waals surface area (Å²) >= 11 is 0. The van der Waals surface area contributed by atoms with Gasteiger partial charge in [-0.3, -0.25) is 4.79 Å². The highest BCUT2D eigenvalue weighted by Gasteiger charge is 2.28. The summed E-state index contributed by atoms with van der Waals surface area (Å²) in [5, 5.41) is 0. The minimum absolute atomic E-state index is 0.130. The number of carbonyl (C=O) groups excluding carboxylic acids is 1. The van der Waals surface area contributed by atoms with Crippen molar-refractivity contribution < 1.29 is 4.79 Å². The Labute approximate surface area is 73.2 Å². The van der Waals surface area contributed by atoms with Crippen molar-refractivity contribution in [1.82, 2.24) is 4.90 Å². The van der Waals surface area contributed by atoms with E-state index in [1.807, 2.05) is 42.7 Å². The van der Waals surface area contributed by atoms with Gasteiger partial charge in [-0.1, -0.05) is 12.2 Å². The second-order valence-corrected chi connectivity index (χ2v) is 2.86. The van der Waals surface area contributed by atoms with Crippen molar-refractivity contribution in [2.75, 3.05) is 13.1 Å². The van der Waals surface area contributed by atoms with Crippen molar-refractivity contribution >= 4 is 5.91 Å². The van der Waals surface area contributed by atoms with Crippen LogP contribution in [0, 0.1) is 31.6 Å². The Morgan fingerprint density at radius 3 is 2.33 bits per heavy atom. The molecule has 0 saturated heterocycles. The molecule has 0 aromatic heterocycles. The molecule has 0 spiro atoms. The molecule has 2 rings (SSSR count). The lowest BCUT2D eigenvalue weighted by atomic mass is 10.1. The summed E-state index contributed by atoms with van der Waals surface area (Å²) in [5.41, 5.74) is 0. The molecular formula is C10H10NO. The highest BCUT2D eigenvalue weighted by Crippen LogP contribution is 2.25. The Bertz CT molecular complexity index is 192. The maximum absolute atomic E-state index is 11.6. The van der Waals surface area contributed by atoms with Gasteiger partial charge in [0.2, 0.25) is 5.91 Å². The second kappa shape index (κ2) is 3.30. The van der Waals surface area contributed by atoms with Crippen LogP contribution >= 0.6 is 0 Å². The molecule has 1 saturated carbocycles. The standard InChI is InChI=1S/C10H10NO/c12-10(9-5-1-2-6-9)11-7-3-4-8-11/h1-6H,7-8H2. The van der Waals surface area contributed by atoms with E-state index in [1.165, 1.54) is 0 Å². The van der Waals surface area contributed by atoms with Gasteiger partial charge in [0.05, 0.1) is 5.92 Å². The molecule has 1 aliphatic heterocycles. The lowest BCUT2D eigenvalue weighted by Crippen LogP contribution is -2.32. The van der Waals surface area contributed by atoms with E-state index in [9.17, 15) is 4.79 Å². The third-order valence-electron chi connectivity index (χ3n) is 2.02. The quantitative estimate of drug-likeness (QED) is 0.519. The van der Waals surface area contributed by atoms with Crippen molar-refractivity contribution in [3.63, 3.8) is 0 Å². The van der Waals surface area contributed by atoms with Gasteiger partial charge in [0.25, 0.3) is 0 Å². The molecule has 0 atom stereocenters. The summed E-state index contributed by atoms with van der Waals surface area (Å²) in [5.74, 6) is 0.920. The Morgan fingerprint density at radius 2 is 1.75 bits per heavy atom. The topological polar surface area (TPSA) is 20.3 Å². The predicted molar refractivity (Wildman–Crippen MR) is 46.2 cm³/mol. The molecular weight excluding hydrogens is 150 g/mol. The van der Waals surface area contributed by atoms with Crippen LogP contribution < -0.4 is 0 Å². The fourth-order valence-corrected chi connectivity index (χ4v) is 1.34. The maximum atomic E-state index is 11.6. The van der Waals surface area contributed by atoms with E-state index in [4.69, 9.17) is 0 Å². The van der Waals surface area contributed by atoms with Gasteiger partial charge >= 0.3 is 0 Å². The van der Waals surface area contributed by atoms with Crippen molar-refractivity contribution in [3.8, 4) is 0 Å². The lowest BCUT2D eigenvalue weighted by molar-refractivity contribution is -0.127. The minimum atomic E-state index is 0.130. The van der Waals surface area contributed by atoms with Gasteiger partial charge in [-0.15, -0.1) is 0 Å². The maximum Gasteiger partial charge on any atom is 0.231 e. The molecule has 2 aliphatic rings. The van der Waals surface area contributed by atoms with Crippen LogP contribution in [-0.4, -0.2) is 23.9 Å². The van der Waals surface area contributed by atoms with Gasteiger partial charge in [-0.2, -0.15) is 0 Å². The lowest BCUT2D eigenvalue weighted by Gasteiger charge is -2.18. The number of carbonyl (C=O) groups is 1. The average Bonchev–Trinajstić information content (AvgIpc) is 2.77. The summed E-state index contributed by atoms with van der Waals surface area (Å²) < 4.78 is 0. The predicted octanol–water partition coefficient (Wildman–Crippen LogP) is 0.790. The zero-order chi connectivity index (χ0) is 8.39. The Kier molecular flexibility index (Phi) is 2.15. The zero-order valence-electron chi connectivity index (χ0n) is 6.73. The first-order chi connectivity index (χ1) is 5.88. The fraction of sp³-hybridized carbons (Fsp3) is 0.200. The van der Waals surface area contributed by atoms with E-state index in [0.29, 0.717) is 0 Å². The van der Waals surface area contributed by atoms with Gasteiger partial charge in [0.1, 0.15) is 0 Å². The summed E-state index contributed by atoms with van der Waals surface area (Å²) in [6.45, 7) is 1.51. The summed E-state index contributed by atoms with van der Waals surface area (Å²) in [7, 11) is 0. The van der Waals surface area contributed by atoms with Crippen LogP contribution in [0.5, 0.6) is 0 Å². The minimum Gasteiger partial charge on any atom is -0.335 e. The molecule has 0 N–H and O–H groups in total. The second-order valence-electron chi connectivity index (χ2n) is 2.86. The molecule has 0 bridgehead atoms. The first kappa shape index (κ1) is 7.84. The Hall–Kier alpha value is -0.790. The van der Waals surface area contributed by atoms with Crippen LogP contribution in [0.3, 0.4) is 0 Å². The highest BCUT2D eigenvalue weighted by molar-refractivity contribution is 5.96. The first-order valence-electron chi connectivity index (χ1n) is 4.04. The Balaban J connectivity index is 1.90. The molecule has 2 heteroatoms. The fourth-order valence-electron chi connectivity index (χ4n) is 1.34. The zero-order valence-corrected chi connectivity index (χ0v) is 6.73. The largest absolute Gasteiger partial charge is 0.335 e. The van der Waals surface area contributed by atoms with E-state index in [1.54, 1.807) is 0 Å². The smallest absolute Gasteiger partial charge is 0.231 e. The van der Waals surface area contributed by atoms with Gasteiger partial charge in [-0.05, 0) is 25.7 Å². The molecule has 12 heavy (non-hydrogen) atoms. The van der Waals surface area contributed by atoms with Gasteiger partial charge < -0.3 is 4.90 Å². The van der Waals surface area contributed by atoms with Crippen LogP contribution in [0.4, 0.5) is 0 Å². The van der Waals surface area contributed by atoms with Crippen molar-refractivity contribution in [2.24, 2.45) is 0 Å². The van der Waals surface area contributed by atoms with Crippen LogP contribution in [0.1, 0.15) is 0 Å². The molecule has 5 radical (unpaired) electrons. The molecule has 0 aromatic carbocycles. The molecule has 1 fully saturated rings. The van der Waals surface area contributed by atoms with E-state index < -0.39 is 0 Å². The van der Waals surface area contributed by atoms with E-state index in [2.05, 4.69) is 0 Å². The summed E-state index contributed by atoms with van der Waals surface area (Å²) in [4.78, 5) is 13.4. The number of rotatable bonds is 1. The van der Waals surface area contributed by atoms with Crippen LogP contribution in [0.2, 0.25) is 0 Å². The number of nitrogens with zero attached hydrogens (tertiary/aromatic N) is 1. The number of hydrogen-bond acceptors (Lipinski definition) is 1. The van der Waals surface area contributed by atoms with Gasteiger partial charge in [0.15, 0.2) is 0 Å². The van der Waals surface area contributed by atoms with Crippen LogP contribution in [0.15, 0.2) is 12.2 Å². The summed E-state index contributed by atoms with van der Waals surface area (Å²) in [6.07, 6.45) is 11.5. The van der Waals surface area contributed by atoms with Crippen LogP contribution in [0.25, 0.3) is 0 Å². The third-order valence-corrected chi connectivity index (χ3v) is 2.02. The molecule has 2 nitrogen and oxygen atoms in total. The van der Waals surface area contributed by atoms with E-state index in [-0.39, 0.29) is 5.91 Å². The SMILES string of the molecule is O=C([C]1[CH][CH][CH][CH]1)N1CC=CC1. The molecule has 0 unspecified atom stereocenters. The normalized spacial score (nSPS) is 23.8. The van der Waals surface area contributed by atoms with Gasteiger partial charge in [-0.25, -0.2) is 0 Å². The van der Waals surface area contributed by atoms with Gasteiger partial charge in [0, 0.05) is 13.1 Å². The number of amides is 1. The third kappa shape index (κ3) is 1.38. The number of hydrogen-bond donors (Lipinski definition) is 0. The van der Waals surface area contributed by atoms with Crippen molar-refractivity contribution in [2.45, 2.75) is 0 Å². The molecule has 0 aromatic rings. The summed E-state index contributed by atoms with van der Waals surface area (Å²) in [6, 6.07) is 0. The molecule has 1 heterocycles. The Morgan fingerprint density at radius 1 is 1.17 bits per heavy atom. The average molecular weight is 160 g/mol. The van der Waals surface area contributed by atoms with Crippen molar-refractivity contribution in [3.05, 3.63) is 43.8 Å². The molecule has 61 valence electrons. The first-order valence-corrected chi connectivity index (χ1v) is 4.04. The van der Waals surface area contributed by atoms with Crippen LogP contribution in [-0.2, 0) is 4.79 Å². The molecule has 1 amide bonds.